The molecule has 27 heavy (non-hydrogen) atoms. The molecule has 5 heteroatoms. The number of aromatic nitrogens is 2. The molecule has 3 aromatic rings. The van der Waals surface area contributed by atoms with Crippen molar-refractivity contribution in [2.75, 3.05) is 13.1 Å². The summed E-state index contributed by atoms with van der Waals surface area (Å²) in [4.78, 5) is 7.24. The molecule has 2 aromatic carbocycles. The van der Waals surface area contributed by atoms with Crippen LogP contribution in [0.25, 0.3) is 22.2 Å². The Morgan fingerprint density at radius 2 is 1.85 bits per heavy atom. The number of hydrogen-bond acceptors (Lipinski definition) is 3. The highest BCUT2D eigenvalue weighted by Gasteiger charge is 2.19. The Hall–Kier alpha value is -3.39. The number of rotatable bonds is 2. The molecular formula is C22H17FN4. The van der Waals surface area contributed by atoms with Gasteiger partial charge in [0, 0.05) is 31.8 Å². The SMILES string of the molecule is N#Cc1ccc(-c2ccc3c(c2)nc2n3CCN(C3=CC=C3)CC2)cc1F. The van der Waals surface area contributed by atoms with Crippen LogP contribution in [0.4, 0.5) is 4.39 Å². The average molecular weight is 356 g/mol. The van der Waals surface area contributed by atoms with Crippen LogP contribution in [0.2, 0.25) is 0 Å². The second-order valence-electron chi connectivity index (χ2n) is 6.88. The maximum Gasteiger partial charge on any atom is 0.141 e. The van der Waals surface area contributed by atoms with Crippen LogP contribution in [0.5, 0.6) is 0 Å². The van der Waals surface area contributed by atoms with Gasteiger partial charge in [-0.15, -0.1) is 0 Å². The fourth-order valence-electron chi connectivity index (χ4n) is 3.80. The second kappa shape index (κ2) is 6.10. The fraction of sp³-hybridized carbons (Fsp3) is 0.182. The Morgan fingerprint density at radius 3 is 2.59 bits per heavy atom. The maximum atomic E-state index is 14.0. The van der Waals surface area contributed by atoms with Crippen LogP contribution < -0.4 is 0 Å². The van der Waals surface area contributed by atoms with Gasteiger partial charge in [-0.05, 0) is 47.5 Å². The van der Waals surface area contributed by atoms with E-state index in [0.29, 0.717) is 0 Å². The molecule has 0 radical (unpaired) electrons. The van der Waals surface area contributed by atoms with E-state index in [4.69, 9.17) is 10.2 Å². The van der Waals surface area contributed by atoms with Gasteiger partial charge in [-0.1, -0.05) is 18.2 Å². The Labute approximate surface area is 156 Å². The first-order valence-corrected chi connectivity index (χ1v) is 9.05. The number of halogens is 1. The molecule has 0 amide bonds. The number of imidazole rings is 1. The summed E-state index contributed by atoms with van der Waals surface area (Å²) in [7, 11) is 0. The summed E-state index contributed by atoms with van der Waals surface area (Å²) >= 11 is 0. The van der Waals surface area contributed by atoms with Crippen molar-refractivity contribution in [2.24, 2.45) is 0 Å². The summed E-state index contributed by atoms with van der Waals surface area (Å²) in [5.74, 6) is 0.606. The van der Waals surface area contributed by atoms with Crippen molar-refractivity contribution in [2.45, 2.75) is 13.0 Å². The van der Waals surface area contributed by atoms with Gasteiger partial charge < -0.3 is 9.47 Å². The van der Waals surface area contributed by atoms with E-state index in [1.165, 1.54) is 17.8 Å². The van der Waals surface area contributed by atoms with E-state index in [1.807, 2.05) is 18.2 Å². The molecule has 2 aliphatic rings. The molecule has 0 atom stereocenters. The normalized spacial score (nSPS) is 15.7. The number of nitriles is 1. The lowest BCUT2D eigenvalue weighted by atomic mass is 10.0. The predicted octanol–water partition coefficient (Wildman–Crippen LogP) is 4.03. The molecule has 0 N–H and O–H groups in total. The van der Waals surface area contributed by atoms with Crippen LogP contribution in [-0.2, 0) is 13.0 Å². The lowest BCUT2D eigenvalue weighted by Gasteiger charge is -2.25. The predicted molar refractivity (Wildman–Crippen MR) is 102 cm³/mol. The first-order chi connectivity index (χ1) is 13.2. The smallest absolute Gasteiger partial charge is 0.141 e. The zero-order valence-corrected chi connectivity index (χ0v) is 14.7. The molecule has 0 spiro atoms. The third-order valence-electron chi connectivity index (χ3n) is 5.35. The van der Waals surface area contributed by atoms with Gasteiger partial charge in [0.1, 0.15) is 17.7 Å². The van der Waals surface area contributed by atoms with E-state index >= 15 is 0 Å². The number of nitrogens with zero attached hydrogens (tertiary/aromatic N) is 4. The number of benzene rings is 2. The lowest BCUT2D eigenvalue weighted by Crippen LogP contribution is -2.26. The van der Waals surface area contributed by atoms with Crippen LogP contribution in [-0.4, -0.2) is 27.5 Å². The molecule has 5 rings (SSSR count). The topological polar surface area (TPSA) is 44.9 Å². The summed E-state index contributed by atoms with van der Waals surface area (Å²) in [6, 6.07) is 12.6. The molecule has 0 fully saturated rings. The lowest BCUT2D eigenvalue weighted by molar-refractivity contribution is 0.359. The highest BCUT2D eigenvalue weighted by atomic mass is 19.1. The molecule has 4 nitrogen and oxygen atoms in total. The van der Waals surface area contributed by atoms with Crippen molar-refractivity contribution in [3.8, 4) is 17.2 Å². The summed E-state index contributed by atoms with van der Waals surface area (Å²) < 4.78 is 16.3. The molecule has 0 bridgehead atoms. The van der Waals surface area contributed by atoms with Crippen LogP contribution >= 0.6 is 0 Å². The summed E-state index contributed by atoms with van der Waals surface area (Å²) in [6.07, 6.45) is 7.27. The van der Waals surface area contributed by atoms with E-state index in [9.17, 15) is 4.39 Å². The van der Waals surface area contributed by atoms with Gasteiger partial charge in [0.05, 0.1) is 16.6 Å². The van der Waals surface area contributed by atoms with Crippen LogP contribution in [0, 0.1) is 17.1 Å². The van der Waals surface area contributed by atoms with E-state index in [1.54, 1.807) is 6.07 Å². The van der Waals surface area contributed by atoms with Gasteiger partial charge in [-0.3, -0.25) is 0 Å². The quantitative estimate of drug-likeness (QED) is 0.696. The highest BCUT2D eigenvalue weighted by Crippen LogP contribution is 2.28. The Bertz CT molecular complexity index is 1160. The summed E-state index contributed by atoms with van der Waals surface area (Å²) in [6.45, 7) is 2.84. The van der Waals surface area contributed by atoms with Gasteiger partial charge in [0.2, 0.25) is 0 Å². The molecule has 2 heterocycles. The van der Waals surface area contributed by atoms with Crippen LogP contribution in [0.1, 0.15) is 11.4 Å². The van der Waals surface area contributed by atoms with Crippen molar-refractivity contribution in [3.05, 3.63) is 77.5 Å². The van der Waals surface area contributed by atoms with Gasteiger partial charge >= 0.3 is 0 Å². The van der Waals surface area contributed by atoms with Gasteiger partial charge in [-0.2, -0.15) is 5.26 Å². The molecule has 0 saturated carbocycles. The molecule has 132 valence electrons. The first kappa shape index (κ1) is 15.8. The minimum absolute atomic E-state index is 0.0644. The minimum Gasteiger partial charge on any atom is -0.369 e. The van der Waals surface area contributed by atoms with E-state index in [-0.39, 0.29) is 5.56 Å². The van der Waals surface area contributed by atoms with Crippen molar-refractivity contribution >= 4 is 11.0 Å². The summed E-state index contributed by atoms with van der Waals surface area (Å²) in [5.41, 5.74) is 5.08. The number of allylic oxidation sites excluding steroid dienone is 3. The third-order valence-corrected chi connectivity index (χ3v) is 5.35. The van der Waals surface area contributed by atoms with Crippen molar-refractivity contribution in [1.29, 1.82) is 5.26 Å². The van der Waals surface area contributed by atoms with Gasteiger partial charge in [0.15, 0.2) is 0 Å². The Morgan fingerprint density at radius 1 is 1.04 bits per heavy atom. The Balaban J connectivity index is 1.48. The fourth-order valence-corrected chi connectivity index (χ4v) is 3.80. The molecule has 0 unspecified atom stereocenters. The van der Waals surface area contributed by atoms with Crippen molar-refractivity contribution < 1.29 is 4.39 Å². The molecule has 0 saturated heterocycles. The van der Waals surface area contributed by atoms with Crippen molar-refractivity contribution in [1.82, 2.24) is 14.5 Å². The average Bonchev–Trinajstić information content (AvgIpc) is 2.86. The number of hydrogen-bond donors (Lipinski definition) is 0. The van der Waals surface area contributed by atoms with E-state index < -0.39 is 5.82 Å². The van der Waals surface area contributed by atoms with E-state index in [0.717, 1.165) is 54.0 Å². The Kier molecular flexibility index (Phi) is 3.58. The molecule has 1 aliphatic carbocycles. The molecular weight excluding hydrogens is 339 g/mol. The van der Waals surface area contributed by atoms with E-state index in [2.05, 4.69) is 33.8 Å². The maximum absolute atomic E-state index is 14.0. The largest absolute Gasteiger partial charge is 0.369 e. The van der Waals surface area contributed by atoms with Crippen molar-refractivity contribution in [3.63, 3.8) is 0 Å². The standard InChI is InChI=1S/C22H17FN4/c23-19-12-15(4-5-17(19)14-24)16-6-7-21-20(13-16)25-22-8-9-26(10-11-27(21)22)18-2-1-3-18/h1-7,12-13H,8-11H2. The summed E-state index contributed by atoms with van der Waals surface area (Å²) in [5, 5.41) is 8.90. The molecule has 1 aromatic heterocycles. The first-order valence-electron chi connectivity index (χ1n) is 9.05. The molecule has 1 aliphatic heterocycles. The third kappa shape index (κ3) is 2.61. The number of fused-ring (bicyclic) bond motifs is 3. The van der Waals surface area contributed by atoms with Gasteiger partial charge in [0.25, 0.3) is 0 Å². The van der Waals surface area contributed by atoms with Crippen LogP contribution in [0.3, 0.4) is 0 Å². The minimum atomic E-state index is -0.491. The monoisotopic (exact) mass is 356 g/mol. The highest BCUT2D eigenvalue weighted by molar-refractivity contribution is 5.83. The second-order valence-corrected chi connectivity index (χ2v) is 6.88. The van der Waals surface area contributed by atoms with Crippen LogP contribution in [0.15, 0.2) is 60.3 Å². The zero-order valence-electron chi connectivity index (χ0n) is 14.7. The van der Waals surface area contributed by atoms with Gasteiger partial charge in [-0.25, -0.2) is 9.37 Å². The zero-order chi connectivity index (χ0) is 18.4.